The average Bonchev–Trinajstić information content (AvgIpc) is 2.78. The summed E-state index contributed by atoms with van der Waals surface area (Å²) in [6.07, 6.45) is 2.78. The lowest BCUT2D eigenvalue weighted by Crippen LogP contribution is -2.33. The van der Waals surface area contributed by atoms with Crippen LogP contribution in [0.1, 0.15) is 47.2 Å². The molecule has 0 atom stereocenters. The van der Waals surface area contributed by atoms with E-state index in [0.717, 1.165) is 0 Å². The molecule has 22 heavy (non-hydrogen) atoms. The normalized spacial score (nSPS) is 14.5. The van der Waals surface area contributed by atoms with Gasteiger partial charge in [-0.3, -0.25) is 9.59 Å². The van der Waals surface area contributed by atoms with Gasteiger partial charge in [-0.2, -0.15) is 0 Å². The van der Waals surface area contributed by atoms with Crippen LogP contribution in [0, 0.1) is 0 Å². The van der Waals surface area contributed by atoms with E-state index in [2.05, 4.69) is 26.2 Å². The molecule has 2 rings (SSSR count). The number of aromatic nitrogens is 1. The second-order valence-corrected chi connectivity index (χ2v) is 6.78. The summed E-state index contributed by atoms with van der Waals surface area (Å²) in [4.78, 5) is 38.3. The lowest BCUT2D eigenvalue weighted by atomic mass is 9.97. The minimum Gasteiger partial charge on any atom is -0.444 e. The number of aromatic amines is 1. The molecule has 0 aliphatic heterocycles. The van der Waals surface area contributed by atoms with E-state index in [1.807, 2.05) is 0 Å². The topological polar surface area (TPSA) is 88.3 Å². The Bertz CT molecular complexity index is 668. The molecule has 0 unspecified atom stereocenters. The van der Waals surface area contributed by atoms with E-state index >= 15 is 0 Å². The molecule has 0 aromatic carbocycles. The minimum atomic E-state index is -0.560. The molecular weight excluding hydrogens is 352 g/mol. The van der Waals surface area contributed by atoms with Crippen LogP contribution in [0.2, 0.25) is 0 Å². The Kier molecular flexibility index (Phi) is 4.55. The van der Waals surface area contributed by atoms with Crippen LogP contribution in [0.25, 0.3) is 0 Å². The van der Waals surface area contributed by atoms with Crippen LogP contribution in [-0.4, -0.2) is 34.8 Å². The number of alkyl carbamates (subject to hydrolysis) is 1. The molecular formula is C15H17BrN2O4. The van der Waals surface area contributed by atoms with Crippen LogP contribution in [-0.2, 0) is 11.2 Å². The number of allylic oxidation sites excluding steroid dienone is 2. The number of rotatable bonds is 3. The van der Waals surface area contributed by atoms with Gasteiger partial charge in [0.2, 0.25) is 11.6 Å². The van der Waals surface area contributed by atoms with Crippen molar-refractivity contribution in [2.75, 3.05) is 6.54 Å². The fourth-order valence-corrected chi connectivity index (χ4v) is 2.51. The standard InChI is InChI=1S/C15H17BrN2O4/c1-15(2,3)22-14(21)17-5-4-8-7-18-12-10(19)6-9(16)13(20)11(8)12/h6-7,18H,4-5H2,1-3H3,(H,17,21). The number of Topliss-reactive ketones (excluding diaryl/α,β-unsaturated/α-hetero) is 1. The summed E-state index contributed by atoms with van der Waals surface area (Å²) in [5.41, 5.74) is 0.787. The highest BCUT2D eigenvalue weighted by Crippen LogP contribution is 2.27. The molecule has 0 spiro atoms. The van der Waals surface area contributed by atoms with Crippen LogP contribution in [0.4, 0.5) is 4.79 Å². The summed E-state index contributed by atoms with van der Waals surface area (Å²) in [7, 11) is 0. The molecule has 6 nitrogen and oxygen atoms in total. The molecule has 118 valence electrons. The molecule has 1 heterocycles. The number of H-pyrrole nitrogens is 1. The maximum atomic E-state index is 12.1. The first-order valence-corrected chi connectivity index (χ1v) is 7.61. The molecule has 7 heteroatoms. The third-order valence-electron chi connectivity index (χ3n) is 2.97. The second-order valence-electron chi connectivity index (χ2n) is 5.93. The predicted octanol–water partition coefficient (Wildman–Crippen LogP) is 2.74. The Morgan fingerprint density at radius 1 is 1.36 bits per heavy atom. The van der Waals surface area contributed by atoms with Crippen molar-refractivity contribution in [2.45, 2.75) is 32.8 Å². The van der Waals surface area contributed by atoms with Gasteiger partial charge in [-0.05, 0) is 48.7 Å². The largest absolute Gasteiger partial charge is 0.444 e. The Balaban J connectivity index is 2.01. The minimum absolute atomic E-state index is 0.233. The zero-order valence-electron chi connectivity index (χ0n) is 12.6. The number of carbonyl (C=O) groups is 3. The first-order valence-electron chi connectivity index (χ1n) is 6.82. The van der Waals surface area contributed by atoms with E-state index in [4.69, 9.17) is 4.74 Å². The number of fused-ring (bicyclic) bond motifs is 1. The number of hydrogen-bond acceptors (Lipinski definition) is 4. The van der Waals surface area contributed by atoms with Gasteiger partial charge >= 0.3 is 6.09 Å². The van der Waals surface area contributed by atoms with E-state index in [1.165, 1.54) is 6.08 Å². The van der Waals surface area contributed by atoms with Crippen LogP contribution in [0.3, 0.4) is 0 Å². The zero-order valence-corrected chi connectivity index (χ0v) is 14.2. The van der Waals surface area contributed by atoms with E-state index in [9.17, 15) is 14.4 Å². The van der Waals surface area contributed by atoms with Gasteiger partial charge in [0.05, 0.1) is 15.7 Å². The number of halogens is 1. The Morgan fingerprint density at radius 2 is 2.05 bits per heavy atom. The smallest absolute Gasteiger partial charge is 0.407 e. The summed E-state index contributed by atoms with van der Waals surface area (Å²) in [5.74, 6) is -0.476. The van der Waals surface area contributed by atoms with Crippen LogP contribution >= 0.6 is 15.9 Å². The van der Waals surface area contributed by atoms with Gasteiger partial charge in [-0.1, -0.05) is 0 Å². The fraction of sp³-hybridized carbons (Fsp3) is 0.400. The molecule has 1 aliphatic rings. The van der Waals surface area contributed by atoms with E-state index in [-0.39, 0.29) is 16.0 Å². The van der Waals surface area contributed by atoms with Crippen molar-refractivity contribution >= 4 is 33.6 Å². The van der Waals surface area contributed by atoms with Gasteiger partial charge in [-0.25, -0.2) is 4.79 Å². The van der Waals surface area contributed by atoms with Gasteiger partial charge in [0, 0.05) is 18.8 Å². The molecule has 0 fully saturated rings. The molecule has 1 aromatic heterocycles. The Morgan fingerprint density at radius 3 is 2.68 bits per heavy atom. The van der Waals surface area contributed by atoms with Crippen molar-refractivity contribution in [3.63, 3.8) is 0 Å². The van der Waals surface area contributed by atoms with Crippen molar-refractivity contribution in [1.29, 1.82) is 0 Å². The highest BCUT2D eigenvalue weighted by Gasteiger charge is 2.28. The van der Waals surface area contributed by atoms with E-state index < -0.39 is 11.7 Å². The number of hydrogen-bond donors (Lipinski definition) is 2. The molecule has 1 aliphatic carbocycles. The average molecular weight is 369 g/mol. The number of amides is 1. The number of carbonyl (C=O) groups excluding carboxylic acids is 3. The van der Waals surface area contributed by atoms with Crippen molar-refractivity contribution < 1.29 is 19.1 Å². The first-order chi connectivity index (χ1) is 10.2. The predicted molar refractivity (Wildman–Crippen MR) is 84.4 cm³/mol. The molecule has 1 amide bonds. The number of nitrogens with one attached hydrogen (secondary N) is 2. The zero-order chi connectivity index (χ0) is 16.5. The molecule has 1 aromatic rings. The Labute approximate surface area is 136 Å². The van der Waals surface area contributed by atoms with Gasteiger partial charge in [0.15, 0.2) is 0 Å². The third kappa shape index (κ3) is 3.65. The maximum Gasteiger partial charge on any atom is 0.407 e. The molecule has 0 bridgehead atoms. The maximum absolute atomic E-state index is 12.1. The molecule has 0 saturated carbocycles. The van der Waals surface area contributed by atoms with Gasteiger partial charge in [0.1, 0.15) is 5.60 Å². The molecule has 2 N–H and O–H groups in total. The van der Waals surface area contributed by atoms with Crippen LogP contribution in [0.5, 0.6) is 0 Å². The van der Waals surface area contributed by atoms with Crippen LogP contribution < -0.4 is 5.32 Å². The monoisotopic (exact) mass is 368 g/mol. The number of ketones is 2. The van der Waals surface area contributed by atoms with Crippen molar-refractivity contribution in [1.82, 2.24) is 10.3 Å². The van der Waals surface area contributed by atoms with Crippen molar-refractivity contribution in [2.24, 2.45) is 0 Å². The van der Waals surface area contributed by atoms with Gasteiger partial charge in [-0.15, -0.1) is 0 Å². The second kappa shape index (κ2) is 6.08. The summed E-state index contributed by atoms with van der Waals surface area (Å²) in [6.45, 7) is 5.65. The SMILES string of the molecule is CC(C)(C)OC(=O)NCCc1c[nH]c2c1C(=O)C(Br)=CC2=O. The Hall–Kier alpha value is -1.89. The van der Waals surface area contributed by atoms with E-state index in [0.29, 0.717) is 29.8 Å². The third-order valence-corrected chi connectivity index (χ3v) is 3.56. The molecule has 0 radical (unpaired) electrons. The van der Waals surface area contributed by atoms with E-state index in [1.54, 1.807) is 27.0 Å². The summed E-state index contributed by atoms with van der Waals surface area (Å²) < 4.78 is 5.37. The van der Waals surface area contributed by atoms with Crippen molar-refractivity contribution in [3.05, 3.63) is 33.6 Å². The van der Waals surface area contributed by atoms with Gasteiger partial charge in [0.25, 0.3) is 0 Å². The quantitative estimate of drug-likeness (QED) is 0.858. The van der Waals surface area contributed by atoms with Crippen molar-refractivity contribution in [3.8, 4) is 0 Å². The number of ether oxygens (including phenoxy) is 1. The molecule has 0 saturated heterocycles. The first kappa shape index (κ1) is 16.5. The lowest BCUT2D eigenvalue weighted by Gasteiger charge is -2.19. The highest BCUT2D eigenvalue weighted by atomic mass is 79.9. The lowest BCUT2D eigenvalue weighted by molar-refractivity contribution is 0.0528. The van der Waals surface area contributed by atoms with Gasteiger partial charge < -0.3 is 15.0 Å². The summed E-state index contributed by atoms with van der Waals surface area (Å²) in [6, 6.07) is 0. The van der Waals surface area contributed by atoms with Crippen LogP contribution in [0.15, 0.2) is 16.8 Å². The highest BCUT2D eigenvalue weighted by molar-refractivity contribution is 9.12. The fourth-order valence-electron chi connectivity index (χ4n) is 2.10. The summed E-state index contributed by atoms with van der Waals surface area (Å²) >= 11 is 3.09. The summed E-state index contributed by atoms with van der Waals surface area (Å²) in [5, 5.41) is 2.62.